The third kappa shape index (κ3) is 4.11. The quantitative estimate of drug-likeness (QED) is 0.563. The maximum absolute atomic E-state index is 12.9. The van der Waals surface area contributed by atoms with E-state index < -0.39 is 4.92 Å². The molecule has 0 N–H and O–H groups in total. The van der Waals surface area contributed by atoms with Crippen molar-refractivity contribution < 1.29 is 9.72 Å². The number of nitro benzene ring substituents is 1. The van der Waals surface area contributed by atoms with Crippen LogP contribution in [0.2, 0.25) is 5.02 Å². The Morgan fingerprint density at radius 3 is 2.46 bits per heavy atom. The molecule has 0 saturated carbocycles. The van der Waals surface area contributed by atoms with Crippen LogP contribution in [-0.2, 0) is 6.54 Å². The molecule has 0 aliphatic heterocycles. The standard InChI is InChI=1S/C18H19ClN2O3/c1-3-13(2)20(12-14-7-5-4-6-8-14)18(22)16-10-9-15(21(23)24)11-17(16)19/h4-11,13H,3,12H2,1-2H3. The van der Waals surface area contributed by atoms with Crippen molar-refractivity contribution in [1.82, 2.24) is 4.90 Å². The van der Waals surface area contributed by atoms with E-state index in [1.54, 1.807) is 4.90 Å². The fourth-order valence-electron chi connectivity index (χ4n) is 2.37. The second kappa shape index (κ2) is 7.93. The number of nitrogens with zero attached hydrogens (tertiary/aromatic N) is 2. The zero-order chi connectivity index (χ0) is 17.7. The molecule has 1 unspecified atom stereocenters. The van der Waals surface area contributed by atoms with Gasteiger partial charge in [0.1, 0.15) is 0 Å². The average molecular weight is 347 g/mol. The van der Waals surface area contributed by atoms with Crippen molar-refractivity contribution in [2.24, 2.45) is 0 Å². The van der Waals surface area contributed by atoms with Crippen molar-refractivity contribution >= 4 is 23.2 Å². The molecule has 2 aromatic carbocycles. The Morgan fingerprint density at radius 1 is 1.25 bits per heavy atom. The van der Waals surface area contributed by atoms with Gasteiger partial charge in [-0.25, -0.2) is 0 Å². The van der Waals surface area contributed by atoms with Crippen LogP contribution in [-0.4, -0.2) is 21.8 Å². The van der Waals surface area contributed by atoms with Gasteiger partial charge in [-0.05, 0) is 25.0 Å². The van der Waals surface area contributed by atoms with E-state index in [4.69, 9.17) is 11.6 Å². The first kappa shape index (κ1) is 17.9. The number of rotatable bonds is 6. The number of non-ortho nitro benzene ring substituents is 1. The first-order chi connectivity index (χ1) is 11.4. The number of hydrogen-bond donors (Lipinski definition) is 0. The second-order valence-electron chi connectivity index (χ2n) is 5.60. The Kier molecular flexibility index (Phi) is 5.93. The van der Waals surface area contributed by atoms with Gasteiger partial charge in [-0.1, -0.05) is 48.9 Å². The molecule has 1 amide bonds. The first-order valence-corrected chi connectivity index (χ1v) is 8.10. The van der Waals surface area contributed by atoms with Crippen LogP contribution in [0.5, 0.6) is 0 Å². The van der Waals surface area contributed by atoms with Crippen LogP contribution in [0.3, 0.4) is 0 Å². The minimum absolute atomic E-state index is 0.0176. The molecule has 2 aromatic rings. The normalized spacial score (nSPS) is 11.8. The lowest BCUT2D eigenvalue weighted by molar-refractivity contribution is -0.384. The summed E-state index contributed by atoms with van der Waals surface area (Å²) in [6.45, 7) is 4.44. The second-order valence-corrected chi connectivity index (χ2v) is 6.00. The zero-order valence-electron chi connectivity index (χ0n) is 13.6. The fourth-order valence-corrected chi connectivity index (χ4v) is 2.63. The van der Waals surface area contributed by atoms with Crippen LogP contribution in [0.4, 0.5) is 5.69 Å². The molecule has 0 fully saturated rings. The van der Waals surface area contributed by atoms with Crippen LogP contribution >= 0.6 is 11.6 Å². The van der Waals surface area contributed by atoms with E-state index in [0.717, 1.165) is 12.0 Å². The molecule has 5 nitrogen and oxygen atoms in total. The summed E-state index contributed by atoms with van der Waals surface area (Å²) < 4.78 is 0. The van der Waals surface area contributed by atoms with Gasteiger partial charge < -0.3 is 4.90 Å². The molecule has 24 heavy (non-hydrogen) atoms. The lowest BCUT2D eigenvalue weighted by Crippen LogP contribution is -2.37. The number of amides is 1. The summed E-state index contributed by atoms with van der Waals surface area (Å²) in [7, 11) is 0. The van der Waals surface area contributed by atoms with Gasteiger partial charge in [-0.2, -0.15) is 0 Å². The van der Waals surface area contributed by atoms with E-state index in [9.17, 15) is 14.9 Å². The lowest BCUT2D eigenvalue weighted by Gasteiger charge is -2.29. The molecule has 0 bridgehead atoms. The lowest BCUT2D eigenvalue weighted by atomic mass is 10.1. The van der Waals surface area contributed by atoms with E-state index in [1.165, 1.54) is 18.2 Å². The molecular weight excluding hydrogens is 328 g/mol. The van der Waals surface area contributed by atoms with Crippen LogP contribution in [0.15, 0.2) is 48.5 Å². The van der Waals surface area contributed by atoms with E-state index >= 15 is 0 Å². The molecule has 0 spiro atoms. The summed E-state index contributed by atoms with van der Waals surface area (Å²) in [4.78, 5) is 24.9. The number of benzene rings is 2. The minimum Gasteiger partial charge on any atom is -0.332 e. The topological polar surface area (TPSA) is 63.5 Å². The third-order valence-corrected chi connectivity index (χ3v) is 4.29. The highest BCUT2D eigenvalue weighted by molar-refractivity contribution is 6.34. The Morgan fingerprint density at radius 2 is 1.92 bits per heavy atom. The van der Waals surface area contributed by atoms with Gasteiger partial charge in [-0.3, -0.25) is 14.9 Å². The van der Waals surface area contributed by atoms with Gasteiger partial charge in [0.2, 0.25) is 0 Å². The average Bonchev–Trinajstić information content (AvgIpc) is 2.59. The smallest absolute Gasteiger partial charge is 0.270 e. The Balaban J connectivity index is 2.32. The van der Waals surface area contributed by atoms with E-state index in [0.29, 0.717) is 6.54 Å². The van der Waals surface area contributed by atoms with Crippen molar-refractivity contribution in [3.05, 3.63) is 74.8 Å². The summed E-state index contributed by atoms with van der Waals surface area (Å²) in [5.74, 6) is -0.229. The molecule has 0 saturated heterocycles. The molecule has 0 aliphatic carbocycles. The monoisotopic (exact) mass is 346 g/mol. The zero-order valence-corrected chi connectivity index (χ0v) is 14.4. The van der Waals surface area contributed by atoms with Gasteiger partial charge >= 0.3 is 0 Å². The summed E-state index contributed by atoms with van der Waals surface area (Å²) in [5.41, 5.74) is 1.16. The molecule has 0 aromatic heterocycles. The highest BCUT2D eigenvalue weighted by Gasteiger charge is 2.24. The summed E-state index contributed by atoms with van der Waals surface area (Å²) in [5, 5.41) is 10.9. The van der Waals surface area contributed by atoms with Gasteiger partial charge in [0.25, 0.3) is 11.6 Å². The van der Waals surface area contributed by atoms with Crippen molar-refractivity contribution in [1.29, 1.82) is 0 Å². The van der Waals surface area contributed by atoms with Crippen molar-refractivity contribution in [2.45, 2.75) is 32.9 Å². The molecular formula is C18H19ClN2O3. The highest BCUT2D eigenvalue weighted by atomic mass is 35.5. The van der Waals surface area contributed by atoms with Crippen molar-refractivity contribution in [3.8, 4) is 0 Å². The number of carbonyl (C=O) groups excluding carboxylic acids is 1. The number of halogens is 1. The van der Waals surface area contributed by atoms with E-state index in [2.05, 4.69) is 0 Å². The van der Waals surface area contributed by atoms with Crippen LogP contribution in [0, 0.1) is 10.1 Å². The molecule has 1 atom stereocenters. The number of hydrogen-bond acceptors (Lipinski definition) is 3. The van der Waals surface area contributed by atoms with Crippen molar-refractivity contribution in [3.63, 3.8) is 0 Å². The molecule has 126 valence electrons. The fraction of sp³-hybridized carbons (Fsp3) is 0.278. The predicted molar refractivity (Wildman–Crippen MR) is 94.2 cm³/mol. The van der Waals surface area contributed by atoms with Crippen LogP contribution in [0.1, 0.15) is 36.2 Å². The van der Waals surface area contributed by atoms with Gasteiger partial charge in [0, 0.05) is 24.7 Å². The van der Waals surface area contributed by atoms with Gasteiger partial charge in [0.15, 0.2) is 0 Å². The summed E-state index contributed by atoms with van der Waals surface area (Å²) >= 11 is 6.11. The summed E-state index contributed by atoms with van der Waals surface area (Å²) in [6.07, 6.45) is 0.795. The third-order valence-electron chi connectivity index (χ3n) is 3.97. The van der Waals surface area contributed by atoms with Gasteiger partial charge in [0.05, 0.1) is 15.5 Å². The Labute approximate surface area is 146 Å². The van der Waals surface area contributed by atoms with E-state index in [-0.39, 0.29) is 28.2 Å². The maximum Gasteiger partial charge on any atom is 0.270 e. The molecule has 0 radical (unpaired) electrons. The Hall–Kier alpha value is -2.40. The minimum atomic E-state index is -0.531. The number of nitro groups is 1. The summed E-state index contributed by atoms with van der Waals surface area (Å²) in [6, 6.07) is 13.6. The molecule has 2 rings (SSSR count). The Bertz CT molecular complexity index is 734. The largest absolute Gasteiger partial charge is 0.332 e. The van der Waals surface area contributed by atoms with E-state index in [1.807, 2.05) is 44.2 Å². The van der Waals surface area contributed by atoms with Crippen LogP contribution in [0.25, 0.3) is 0 Å². The SMILES string of the molecule is CCC(C)N(Cc1ccccc1)C(=O)c1ccc([N+](=O)[O-])cc1Cl. The number of carbonyl (C=O) groups is 1. The molecule has 6 heteroatoms. The van der Waals surface area contributed by atoms with Crippen molar-refractivity contribution in [2.75, 3.05) is 0 Å². The van der Waals surface area contributed by atoms with Gasteiger partial charge in [-0.15, -0.1) is 0 Å². The highest BCUT2D eigenvalue weighted by Crippen LogP contribution is 2.25. The first-order valence-electron chi connectivity index (χ1n) is 7.72. The predicted octanol–water partition coefficient (Wildman–Crippen LogP) is 4.69. The maximum atomic E-state index is 12.9. The molecule has 0 heterocycles. The molecule has 0 aliphatic rings. The van der Waals surface area contributed by atoms with Crippen LogP contribution < -0.4 is 0 Å².